The molecule has 1 aromatic rings. The van der Waals surface area contributed by atoms with Crippen molar-refractivity contribution in [2.24, 2.45) is 5.73 Å². The predicted molar refractivity (Wildman–Crippen MR) is 83.9 cm³/mol. The zero-order chi connectivity index (χ0) is 15.1. The van der Waals surface area contributed by atoms with Crippen LogP contribution in [0.25, 0.3) is 0 Å². The van der Waals surface area contributed by atoms with Gasteiger partial charge in [0.2, 0.25) is 5.91 Å². The molecule has 5 heteroatoms. The van der Waals surface area contributed by atoms with Crippen LogP contribution in [0.1, 0.15) is 37.3 Å². The number of hydrogen-bond donors (Lipinski definition) is 1. The smallest absolute Gasteiger partial charge is 0.242 e. The van der Waals surface area contributed by atoms with Crippen LogP contribution in [0.15, 0.2) is 11.4 Å². The molecule has 4 nitrogen and oxygen atoms in total. The van der Waals surface area contributed by atoms with Crippen LogP contribution in [-0.2, 0) is 4.79 Å². The number of nitrogens with two attached hydrogens (primary N) is 1. The average molecular weight is 295 g/mol. The molecule has 0 aliphatic carbocycles. The summed E-state index contributed by atoms with van der Waals surface area (Å²) in [5.41, 5.74) is 7.02. The summed E-state index contributed by atoms with van der Waals surface area (Å²) in [5, 5.41) is 2.10. The highest BCUT2D eigenvalue weighted by atomic mass is 32.1. The molecular weight excluding hydrogens is 270 g/mol. The van der Waals surface area contributed by atoms with Crippen LogP contribution in [0.4, 0.5) is 0 Å². The quantitative estimate of drug-likeness (QED) is 0.928. The molecule has 2 heterocycles. The molecule has 2 rings (SSSR count). The molecule has 1 fully saturated rings. The molecule has 2 unspecified atom stereocenters. The van der Waals surface area contributed by atoms with E-state index >= 15 is 0 Å². The molecule has 0 spiro atoms. The van der Waals surface area contributed by atoms with E-state index in [1.54, 1.807) is 11.3 Å². The third-order valence-electron chi connectivity index (χ3n) is 4.27. The van der Waals surface area contributed by atoms with Crippen molar-refractivity contribution in [2.45, 2.75) is 45.3 Å². The van der Waals surface area contributed by atoms with Gasteiger partial charge in [0.15, 0.2) is 0 Å². The molecule has 1 aliphatic rings. The first-order valence-electron chi connectivity index (χ1n) is 7.08. The lowest BCUT2D eigenvalue weighted by atomic mass is 9.92. The highest BCUT2D eigenvalue weighted by Gasteiger charge is 2.45. The summed E-state index contributed by atoms with van der Waals surface area (Å²) >= 11 is 1.74. The molecule has 0 bridgehead atoms. The van der Waals surface area contributed by atoms with E-state index in [2.05, 4.69) is 23.3 Å². The van der Waals surface area contributed by atoms with E-state index in [1.165, 1.54) is 10.4 Å². The third-order valence-corrected chi connectivity index (χ3v) is 5.36. The van der Waals surface area contributed by atoms with Crippen molar-refractivity contribution in [2.75, 3.05) is 20.1 Å². The fourth-order valence-corrected chi connectivity index (χ4v) is 4.22. The standard InChI is InChI=1S/C15H25N3OS/c1-10-6-9-20-13(10)12(11(2)16)18-8-7-17(5)14(19)15(18,3)4/h6,9,11-12H,7-8,16H2,1-5H3. The van der Waals surface area contributed by atoms with E-state index < -0.39 is 5.54 Å². The first-order chi connectivity index (χ1) is 9.26. The topological polar surface area (TPSA) is 49.6 Å². The summed E-state index contributed by atoms with van der Waals surface area (Å²) in [5.74, 6) is 0.170. The van der Waals surface area contributed by atoms with E-state index in [1.807, 2.05) is 32.7 Å². The Morgan fingerprint density at radius 2 is 2.05 bits per heavy atom. The SMILES string of the molecule is Cc1ccsc1C(C(C)N)N1CCN(C)C(=O)C1(C)C. The molecule has 2 N–H and O–H groups in total. The number of nitrogens with zero attached hydrogens (tertiary/aromatic N) is 2. The lowest BCUT2D eigenvalue weighted by Gasteiger charge is -2.49. The summed E-state index contributed by atoms with van der Waals surface area (Å²) in [4.78, 5) is 17.9. The summed E-state index contributed by atoms with van der Waals surface area (Å²) in [6.45, 7) is 9.77. The molecule has 112 valence electrons. The number of hydrogen-bond acceptors (Lipinski definition) is 4. The Morgan fingerprint density at radius 3 is 2.55 bits per heavy atom. The minimum absolute atomic E-state index is 0.0113. The van der Waals surface area contributed by atoms with Crippen molar-refractivity contribution >= 4 is 17.2 Å². The van der Waals surface area contributed by atoms with Gasteiger partial charge in [-0.05, 0) is 44.7 Å². The summed E-state index contributed by atoms with van der Waals surface area (Å²) in [7, 11) is 1.87. The number of likely N-dealkylation sites (N-methyl/N-ethyl adjacent to an activating group) is 1. The molecule has 20 heavy (non-hydrogen) atoms. The fraction of sp³-hybridized carbons (Fsp3) is 0.667. The molecule has 2 atom stereocenters. The minimum Gasteiger partial charge on any atom is -0.343 e. The van der Waals surface area contributed by atoms with Gasteiger partial charge < -0.3 is 10.6 Å². The van der Waals surface area contributed by atoms with Gasteiger partial charge in [-0.3, -0.25) is 9.69 Å². The second kappa shape index (κ2) is 5.47. The number of rotatable bonds is 3. The molecule has 0 radical (unpaired) electrons. The van der Waals surface area contributed by atoms with Gasteiger partial charge >= 0.3 is 0 Å². The number of amides is 1. The summed E-state index contributed by atoms with van der Waals surface area (Å²) in [6, 6.07) is 2.21. The molecule has 1 aliphatic heterocycles. The van der Waals surface area contributed by atoms with Crippen molar-refractivity contribution in [1.29, 1.82) is 0 Å². The molecule has 1 aromatic heterocycles. The number of piperazine rings is 1. The van der Waals surface area contributed by atoms with Gasteiger partial charge in [-0.15, -0.1) is 11.3 Å². The number of carbonyl (C=O) groups is 1. The second-order valence-corrected chi connectivity index (χ2v) is 7.20. The normalized spacial score (nSPS) is 22.9. The predicted octanol–water partition coefficient (Wildman–Crippen LogP) is 2.00. The maximum Gasteiger partial charge on any atom is 0.242 e. The first-order valence-corrected chi connectivity index (χ1v) is 7.96. The van der Waals surface area contributed by atoms with E-state index in [4.69, 9.17) is 5.73 Å². The Labute approximate surface area is 125 Å². The monoisotopic (exact) mass is 295 g/mol. The van der Waals surface area contributed by atoms with Crippen molar-refractivity contribution in [1.82, 2.24) is 9.80 Å². The van der Waals surface area contributed by atoms with Crippen LogP contribution < -0.4 is 5.73 Å². The number of thiophene rings is 1. The lowest BCUT2D eigenvalue weighted by molar-refractivity contribution is -0.150. The van der Waals surface area contributed by atoms with Crippen molar-refractivity contribution in [3.05, 3.63) is 21.9 Å². The molecule has 0 aromatic carbocycles. The van der Waals surface area contributed by atoms with Crippen LogP contribution >= 0.6 is 11.3 Å². The Bertz CT molecular complexity index is 495. The van der Waals surface area contributed by atoms with Gasteiger partial charge in [-0.2, -0.15) is 0 Å². The van der Waals surface area contributed by atoms with E-state index in [-0.39, 0.29) is 18.0 Å². The van der Waals surface area contributed by atoms with E-state index in [0.29, 0.717) is 0 Å². The Balaban J connectivity index is 2.40. The van der Waals surface area contributed by atoms with Gasteiger partial charge in [0, 0.05) is 31.1 Å². The molecular formula is C15H25N3OS. The van der Waals surface area contributed by atoms with Crippen molar-refractivity contribution in [3.63, 3.8) is 0 Å². The highest BCUT2D eigenvalue weighted by molar-refractivity contribution is 7.10. The Morgan fingerprint density at radius 1 is 1.40 bits per heavy atom. The van der Waals surface area contributed by atoms with Crippen LogP contribution in [-0.4, -0.2) is 47.4 Å². The lowest BCUT2D eigenvalue weighted by Crippen LogP contribution is -2.64. The maximum absolute atomic E-state index is 12.5. The van der Waals surface area contributed by atoms with Gasteiger partial charge in [-0.25, -0.2) is 0 Å². The highest BCUT2D eigenvalue weighted by Crippen LogP contribution is 2.37. The second-order valence-electron chi connectivity index (χ2n) is 6.25. The largest absolute Gasteiger partial charge is 0.343 e. The number of aryl methyl sites for hydroxylation is 1. The van der Waals surface area contributed by atoms with Gasteiger partial charge in [0.1, 0.15) is 0 Å². The summed E-state index contributed by atoms with van der Waals surface area (Å²) < 4.78 is 0. The van der Waals surface area contributed by atoms with Crippen LogP contribution in [0.5, 0.6) is 0 Å². The number of carbonyl (C=O) groups excluding carboxylic acids is 1. The maximum atomic E-state index is 12.5. The first kappa shape index (κ1) is 15.5. The minimum atomic E-state index is -0.512. The zero-order valence-corrected chi connectivity index (χ0v) is 13.8. The Kier molecular flexibility index (Phi) is 4.23. The average Bonchev–Trinajstić information content (AvgIpc) is 2.76. The van der Waals surface area contributed by atoms with Crippen LogP contribution in [0.3, 0.4) is 0 Å². The zero-order valence-electron chi connectivity index (χ0n) is 13.0. The van der Waals surface area contributed by atoms with Gasteiger partial charge in [0.05, 0.1) is 11.6 Å². The van der Waals surface area contributed by atoms with Crippen molar-refractivity contribution < 1.29 is 4.79 Å². The van der Waals surface area contributed by atoms with Gasteiger partial charge in [0.25, 0.3) is 0 Å². The summed E-state index contributed by atoms with van der Waals surface area (Å²) in [6.07, 6.45) is 0. The van der Waals surface area contributed by atoms with Gasteiger partial charge in [-0.1, -0.05) is 0 Å². The van der Waals surface area contributed by atoms with E-state index in [0.717, 1.165) is 13.1 Å². The molecule has 1 saturated heterocycles. The Hall–Kier alpha value is -0.910. The van der Waals surface area contributed by atoms with Crippen molar-refractivity contribution in [3.8, 4) is 0 Å². The van der Waals surface area contributed by atoms with E-state index in [9.17, 15) is 4.79 Å². The molecule has 0 saturated carbocycles. The van der Waals surface area contributed by atoms with Crippen LogP contribution in [0.2, 0.25) is 0 Å². The molecule has 1 amide bonds. The van der Waals surface area contributed by atoms with Crippen LogP contribution in [0, 0.1) is 6.92 Å². The third kappa shape index (κ3) is 2.50. The fourth-order valence-electron chi connectivity index (χ4n) is 3.07.